The van der Waals surface area contributed by atoms with Crippen LogP contribution in [0.15, 0.2) is 36.9 Å². The molecule has 0 spiro atoms. The summed E-state index contributed by atoms with van der Waals surface area (Å²) in [6, 6.07) is 8.39. The summed E-state index contributed by atoms with van der Waals surface area (Å²) < 4.78 is 0. The Hall–Kier alpha value is -1.77. The molecule has 3 nitrogen and oxygen atoms in total. The van der Waals surface area contributed by atoms with Gasteiger partial charge in [0.25, 0.3) is 0 Å². The Bertz CT molecular complexity index is 398. The Balaban J connectivity index is 2.67. The molecular formula is C16H23NO2. The van der Waals surface area contributed by atoms with Crippen molar-refractivity contribution in [3.63, 3.8) is 0 Å². The fraction of sp³-hybridized carbons (Fsp3) is 0.438. The molecule has 0 radical (unpaired) electrons. The quantitative estimate of drug-likeness (QED) is 0.692. The molecule has 19 heavy (non-hydrogen) atoms. The van der Waals surface area contributed by atoms with Crippen LogP contribution >= 0.6 is 0 Å². The third kappa shape index (κ3) is 5.60. The molecule has 1 aromatic rings. The van der Waals surface area contributed by atoms with Crippen LogP contribution in [0.2, 0.25) is 0 Å². The van der Waals surface area contributed by atoms with Gasteiger partial charge in [0.1, 0.15) is 0 Å². The number of unbranched alkanes of at least 4 members (excludes halogenated alkanes) is 1. The Morgan fingerprint density at radius 3 is 2.58 bits per heavy atom. The zero-order valence-electron chi connectivity index (χ0n) is 11.6. The van der Waals surface area contributed by atoms with Crippen LogP contribution in [0.3, 0.4) is 0 Å². The second-order valence-electron chi connectivity index (χ2n) is 4.65. The number of carbonyl (C=O) groups is 1. The van der Waals surface area contributed by atoms with E-state index in [1.165, 1.54) is 18.4 Å². The highest BCUT2D eigenvalue weighted by Crippen LogP contribution is 2.17. The minimum atomic E-state index is -0.770. The van der Waals surface area contributed by atoms with Crippen molar-refractivity contribution in [1.29, 1.82) is 0 Å². The van der Waals surface area contributed by atoms with E-state index in [0.717, 1.165) is 12.1 Å². The van der Waals surface area contributed by atoms with Gasteiger partial charge in [0.15, 0.2) is 0 Å². The van der Waals surface area contributed by atoms with Crippen LogP contribution in [0.1, 0.15) is 31.7 Å². The average Bonchev–Trinajstić information content (AvgIpc) is 2.41. The number of hydrogen-bond acceptors (Lipinski definition) is 2. The molecule has 1 rings (SSSR count). The van der Waals surface area contributed by atoms with Crippen LogP contribution in [0.4, 0.5) is 5.69 Å². The molecule has 0 saturated carbocycles. The van der Waals surface area contributed by atoms with E-state index < -0.39 is 5.97 Å². The maximum atomic E-state index is 10.7. The van der Waals surface area contributed by atoms with Crippen molar-refractivity contribution >= 4 is 11.7 Å². The summed E-state index contributed by atoms with van der Waals surface area (Å²) in [5.41, 5.74) is 2.39. The maximum absolute atomic E-state index is 10.7. The lowest BCUT2D eigenvalue weighted by Gasteiger charge is -2.22. The largest absolute Gasteiger partial charge is 0.481 e. The van der Waals surface area contributed by atoms with Gasteiger partial charge >= 0.3 is 5.97 Å². The van der Waals surface area contributed by atoms with Crippen molar-refractivity contribution < 1.29 is 9.90 Å². The minimum Gasteiger partial charge on any atom is -0.481 e. The number of aryl methyl sites for hydroxylation is 1. The van der Waals surface area contributed by atoms with Gasteiger partial charge in [0.2, 0.25) is 0 Å². The molecule has 0 heterocycles. The molecule has 0 atom stereocenters. The van der Waals surface area contributed by atoms with Gasteiger partial charge in [-0.2, -0.15) is 0 Å². The summed E-state index contributed by atoms with van der Waals surface area (Å²) >= 11 is 0. The topological polar surface area (TPSA) is 40.5 Å². The highest BCUT2D eigenvalue weighted by atomic mass is 16.4. The van der Waals surface area contributed by atoms with Crippen molar-refractivity contribution in [2.75, 3.05) is 18.0 Å². The first-order valence-electron chi connectivity index (χ1n) is 6.84. The van der Waals surface area contributed by atoms with E-state index in [4.69, 9.17) is 5.11 Å². The molecule has 3 heteroatoms. The average molecular weight is 261 g/mol. The molecular weight excluding hydrogens is 238 g/mol. The third-order valence-corrected chi connectivity index (χ3v) is 3.07. The van der Waals surface area contributed by atoms with Gasteiger partial charge < -0.3 is 10.0 Å². The van der Waals surface area contributed by atoms with Crippen LogP contribution in [-0.4, -0.2) is 24.2 Å². The molecule has 0 aliphatic carbocycles. The highest BCUT2D eigenvalue weighted by molar-refractivity contribution is 5.67. The van der Waals surface area contributed by atoms with Gasteiger partial charge in [-0.15, -0.1) is 6.58 Å². The predicted molar refractivity (Wildman–Crippen MR) is 79.7 cm³/mol. The molecule has 1 N–H and O–H groups in total. The number of carboxylic acids is 1. The van der Waals surface area contributed by atoms with Gasteiger partial charge in [-0.25, -0.2) is 0 Å². The zero-order chi connectivity index (χ0) is 14.1. The van der Waals surface area contributed by atoms with E-state index in [-0.39, 0.29) is 6.42 Å². The SMILES string of the molecule is C=CCN(CCC(=O)O)c1ccc(CCCC)cc1. The first-order valence-corrected chi connectivity index (χ1v) is 6.84. The molecule has 0 fully saturated rings. The van der Waals surface area contributed by atoms with Crippen LogP contribution in [0.5, 0.6) is 0 Å². The third-order valence-electron chi connectivity index (χ3n) is 3.07. The molecule has 0 aliphatic rings. The molecule has 0 aliphatic heterocycles. The second-order valence-corrected chi connectivity index (χ2v) is 4.65. The minimum absolute atomic E-state index is 0.144. The Labute approximate surface area is 115 Å². The Morgan fingerprint density at radius 1 is 1.37 bits per heavy atom. The van der Waals surface area contributed by atoms with Crippen molar-refractivity contribution in [3.05, 3.63) is 42.5 Å². The number of carboxylic acid groups (broad SMARTS) is 1. The predicted octanol–water partition coefficient (Wildman–Crippen LogP) is 3.50. The van der Waals surface area contributed by atoms with Gasteiger partial charge in [-0.05, 0) is 30.5 Å². The Morgan fingerprint density at radius 2 is 2.05 bits per heavy atom. The monoisotopic (exact) mass is 261 g/mol. The fourth-order valence-corrected chi connectivity index (χ4v) is 1.97. The van der Waals surface area contributed by atoms with Crippen molar-refractivity contribution in [3.8, 4) is 0 Å². The Kier molecular flexibility index (Phi) is 6.72. The lowest BCUT2D eigenvalue weighted by molar-refractivity contribution is -0.136. The van der Waals surface area contributed by atoms with Gasteiger partial charge in [-0.3, -0.25) is 4.79 Å². The zero-order valence-corrected chi connectivity index (χ0v) is 11.6. The van der Waals surface area contributed by atoms with Crippen LogP contribution in [0, 0.1) is 0 Å². The number of anilines is 1. The summed E-state index contributed by atoms with van der Waals surface area (Å²) in [6.45, 7) is 7.09. The summed E-state index contributed by atoms with van der Waals surface area (Å²) in [4.78, 5) is 12.7. The summed E-state index contributed by atoms with van der Waals surface area (Å²) in [6.07, 6.45) is 5.45. The fourth-order valence-electron chi connectivity index (χ4n) is 1.97. The number of benzene rings is 1. The van der Waals surface area contributed by atoms with E-state index in [0.29, 0.717) is 13.1 Å². The molecule has 104 valence electrons. The lowest BCUT2D eigenvalue weighted by Crippen LogP contribution is -2.26. The van der Waals surface area contributed by atoms with E-state index in [1.54, 1.807) is 6.08 Å². The van der Waals surface area contributed by atoms with Crippen LogP contribution in [-0.2, 0) is 11.2 Å². The highest BCUT2D eigenvalue weighted by Gasteiger charge is 2.07. The second kappa shape index (κ2) is 8.35. The van der Waals surface area contributed by atoms with Crippen LogP contribution in [0.25, 0.3) is 0 Å². The van der Waals surface area contributed by atoms with E-state index in [9.17, 15) is 4.79 Å². The van der Waals surface area contributed by atoms with Crippen molar-refractivity contribution in [2.45, 2.75) is 32.6 Å². The van der Waals surface area contributed by atoms with Gasteiger partial charge in [0, 0.05) is 18.8 Å². The van der Waals surface area contributed by atoms with E-state index in [1.807, 2.05) is 4.90 Å². The summed E-state index contributed by atoms with van der Waals surface area (Å²) in [5.74, 6) is -0.770. The summed E-state index contributed by atoms with van der Waals surface area (Å²) in [7, 11) is 0. The van der Waals surface area contributed by atoms with Crippen molar-refractivity contribution in [1.82, 2.24) is 0 Å². The number of nitrogens with zero attached hydrogens (tertiary/aromatic N) is 1. The van der Waals surface area contributed by atoms with E-state index in [2.05, 4.69) is 37.8 Å². The normalized spacial score (nSPS) is 10.2. The van der Waals surface area contributed by atoms with Gasteiger partial charge in [-0.1, -0.05) is 31.6 Å². The van der Waals surface area contributed by atoms with Crippen molar-refractivity contribution in [2.24, 2.45) is 0 Å². The number of hydrogen-bond donors (Lipinski definition) is 1. The van der Waals surface area contributed by atoms with Gasteiger partial charge in [0.05, 0.1) is 6.42 Å². The molecule has 0 bridgehead atoms. The first-order chi connectivity index (χ1) is 9.17. The standard InChI is InChI=1S/C16H23NO2/c1-3-5-6-14-7-9-15(10-8-14)17(12-4-2)13-11-16(18)19/h4,7-10H,2-3,5-6,11-13H2,1H3,(H,18,19). The van der Waals surface area contributed by atoms with E-state index >= 15 is 0 Å². The molecule has 0 aromatic heterocycles. The summed E-state index contributed by atoms with van der Waals surface area (Å²) in [5, 5.41) is 8.77. The molecule has 1 aromatic carbocycles. The number of aliphatic carboxylic acids is 1. The maximum Gasteiger partial charge on any atom is 0.305 e. The molecule has 0 saturated heterocycles. The number of rotatable bonds is 9. The smallest absolute Gasteiger partial charge is 0.305 e. The lowest BCUT2D eigenvalue weighted by atomic mass is 10.1. The molecule has 0 amide bonds. The first kappa shape index (κ1) is 15.3. The molecule has 0 unspecified atom stereocenters. The van der Waals surface area contributed by atoms with Crippen LogP contribution < -0.4 is 4.90 Å².